The van der Waals surface area contributed by atoms with Gasteiger partial charge in [-0.05, 0) is 57.1 Å². The lowest BCUT2D eigenvalue weighted by Crippen LogP contribution is -2.42. The molecular weight excluding hydrogens is 853 g/mol. The van der Waals surface area contributed by atoms with Crippen LogP contribution in [0.2, 0.25) is 0 Å². The number of allylic oxidation sites excluding steroid dienone is 3. The second-order valence-corrected chi connectivity index (χ2v) is 20.5. The minimum Gasteiger partial charge on any atom is -0.362 e. The van der Waals surface area contributed by atoms with Crippen molar-refractivity contribution in [1.82, 2.24) is 9.88 Å². The quantitative estimate of drug-likeness (QED) is 0.188. The van der Waals surface area contributed by atoms with E-state index in [1.54, 1.807) is 0 Å². The summed E-state index contributed by atoms with van der Waals surface area (Å²) in [7, 11) is 0. The molecule has 3 atom stereocenters. The van der Waals surface area contributed by atoms with Crippen molar-refractivity contribution in [3.63, 3.8) is 0 Å². The van der Waals surface area contributed by atoms with E-state index < -0.39 is 0 Å². The second-order valence-electron chi connectivity index (χ2n) is 18.4. The molecule has 0 saturated carbocycles. The molecule has 0 spiro atoms. The fourth-order valence-electron chi connectivity index (χ4n) is 12.5. The molecule has 2 aliphatic carbocycles. The lowest BCUT2D eigenvalue weighted by atomic mass is 9.87. The van der Waals surface area contributed by atoms with Crippen molar-refractivity contribution in [3.8, 4) is 5.69 Å². The third-order valence-corrected chi connectivity index (χ3v) is 17.6. The van der Waals surface area contributed by atoms with Crippen LogP contribution in [0.5, 0.6) is 0 Å². The Hall–Kier alpha value is -7.77. The molecule has 0 radical (unpaired) electrons. The standard InChI is InChI=1S/C61H38N4S2/c1-2-18-35(19-3-1)64-47-30-13-10-25-41(47)50-38-22-7-9-24-40(38)59-54(55(50)64)44-28-16-29-45(57(44)67-59)60-62-46-33-34-17-4-5-20-36(34)52(46)61(63-60)65-48-31-14-11-26-42(48)51-37-21-6-8-23-39(37)58-53(56(51)65)43-27-12-15-32-49(43)66-58/h1-32,42,48,60,62H,33H2. The first-order valence-electron chi connectivity index (χ1n) is 23.3. The second kappa shape index (κ2) is 13.4. The van der Waals surface area contributed by atoms with E-state index >= 15 is 0 Å². The van der Waals surface area contributed by atoms with Gasteiger partial charge in [-0.25, -0.2) is 4.99 Å². The van der Waals surface area contributed by atoms with Crippen LogP contribution in [0.1, 0.15) is 34.3 Å². The van der Waals surface area contributed by atoms with Crippen molar-refractivity contribution in [1.29, 1.82) is 0 Å². The molecule has 67 heavy (non-hydrogen) atoms. The van der Waals surface area contributed by atoms with Crippen LogP contribution in [-0.4, -0.2) is 16.4 Å². The van der Waals surface area contributed by atoms with Crippen molar-refractivity contribution in [2.75, 3.05) is 4.90 Å². The van der Waals surface area contributed by atoms with Crippen LogP contribution in [0.3, 0.4) is 0 Å². The first-order valence-corrected chi connectivity index (χ1v) is 24.9. The van der Waals surface area contributed by atoms with E-state index in [4.69, 9.17) is 4.99 Å². The monoisotopic (exact) mass is 890 g/mol. The summed E-state index contributed by atoms with van der Waals surface area (Å²) in [6, 6.07) is 63.0. The normalized spacial score (nSPS) is 18.5. The van der Waals surface area contributed by atoms with E-state index in [9.17, 15) is 0 Å². The highest BCUT2D eigenvalue weighted by molar-refractivity contribution is 7.27. The molecule has 3 aromatic heterocycles. The molecule has 16 rings (SSSR count). The van der Waals surface area contributed by atoms with Crippen LogP contribution in [0, 0.1) is 0 Å². The smallest absolute Gasteiger partial charge is 0.148 e. The fourth-order valence-corrected chi connectivity index (χ4v) is 15.1. The Balaban J connectivity index is 0.997. The lowest BCUT2D eigenvalue weighted by molar-refractivity contribution is 0.614. The van der Waals surface area contributed by atoms with Crippen LogP contribution in [-0.2, 0) is 6.42 Å². The Morgan fingerprint density at radius 1 is 0.537 bits per heavy atom. The zero-order valence-electron chi connectivity index (χ0n) is 36.1. The molecule has 0 saturated heterocycles. The van der Waals surface area contributed by atoms with Crippen molar-refractivity contribution >= 4 is 123 Å². The number of rotatable bonds is 2. The zero-order valence-corrected chi connectivity index (χ0v) is 37.7. The van der Waals surface area contributed by atoms with Gasteiger partial charge in [-0.2, -0.15) is 0 Å². The van der Waals surface area contributed by atoms with Crippen LogP contribution >= 0.6 is 22.7 Å². The van der Waals surface area contributed by atoms with Gasteiger partial charge in [0.15, 0.2) is 0 Å². The molecule has 0 fully saturated rings. The van der Waals surface area contributed by atoms with Crippen molar-refractivity contribution < 1.29 is 0 Å². The minimum atomic E-state index is -0.317. The SMILES string of the molecule is C1=CC2c3c(c4c5ccccc5sc4c4ccccc34)N(C3=NC(c4cccc5c4sc4c6ccccc6c6c7ccccc7n(-c7ccccc7)c6c54)NC4=C3c3ccccc3C4)C2C=C1. The van der Waals surface area contributed by atoms with Crippen LogP contribution in [0.15, 0.2) is 205 Å². The van der Waals surface area contributed by atoms with Crippen LogP contribution < -0.4 is 10.2 Å². The van der Waals surface area contributed by atoms with Gasteiger partial charge in [0.1, 0.15) is 12.0 Å². The molecule has 12 aromatic rings. The van der Waals surface area contributed by atoms with E-state index in [1.165, 1.54) is 129 Å². The molecule has 0 bridgehead atoms. The topological polar surface area (TPSA) is 32.6 Å². The fraction of sp³-hybridized carbons (Fsp3) is 0.0656. The number of hydrogen-bond acceptors (Lipinski definition) is 5. The summed E-state index contributed by atoms with van der Waals surface area (Å²) in [4.78, 5) is 8.75. The summed E-state index contributed by atoms with van der Waals surface area (Å²) in [5.41, 5.74) is 12.7. The van der Waals surface area contributed by atoms with Gasteiger partial charge in [-0.1, -0.05) is 170 Å². The summed E-state index contributed by atoms with van der Waals surface area (Å²) >= 11 is 3.85. The molecular formula is C61H38N4S2. The van der Waals surface area contributed by atoms with E-state index in [0.717, 1.165) is 12.3 Å². The number of hydrogen-bond donors (Lipinski definition) is 1. The Labute approximate surface area is 393 Å². The predicted octanol–water partition coefficient (Wildman–Crippen LogP) is 15.9. The Morgan fingerprint density at radius 2 is 1.22 bits per heavy atom. The van der Waals surface area contributed by atoms with Gasteiger partial charge >= 0.3 is 0 Å². The summed E-state index contributed by atoms with van der Waals surface area (Å²) in [5.74, 6) is 1.22. The van der Waals surface area contributed by atoms with Crippen LogP contribution in [0.4, 0.5) is 5.69 Å². The minimum absolute atomic E-state index is 0.0614. The summed E-state index contributed by atoms with van der Waals surface area (Å²) < 4.78 is 7.76. The molecule has 4 aliphatic rings. The summed E-state index contributed by atoms with van der Waals surface area (Å²) in [5, 5.41) is 17.2. The number of benzene rings is 9. The third kappa shape index (κ3) is 4.78. The molecule has 0 amide bonds. The first kappa shape index (κ1) is 36.4. The van der Waals surface area contributed by atoms with Gasteiger partial charge < -0.3 is 14.8 Å². The number of nitrogens with zero attached hydrogens (tertiary/aromatic N) is 3. The van der Waals surface area contributed by atoms with E-state index in [-0.39, 0.29) is 18.1 Å². The number of fused-ring (bicyclic) bond motifs is 22. The average molecular weight is 891 g/mol. The number of amidine groups is 1. The number of thiophene rings is 2. The van der Waals surface area contributed by atoms with Gasteiger partial charge in [-0.15, -0.1) is 22.7 Å². The van der Waals surface area contributed by atoms with E-state index in [1.807, 2.05) is 22.7 Å². The average Bonchev–Trinajstić information content (AvgIpc) is 4.21. The van der Waals surface area contributed by atoms with Crippen molar-refractivity contribution in [2.24, 2.45) is 4.99 Å². The number of nitrogens with one attached hydrogen (secondary N) is 1. The largest absolute Gasteiger partial charge is 0.362 e. The highest BCUT2D eigenvalue weighted by atomic mass is 32.1. The van der Waals surface area contributed by atoms with Gasteiger partial charge in [-0.3, -0.25) is 0 Å². The Kier molecular flexibility index (Phi) is 7.30. The molecule has 5 heterocycles. The summed E-state index contributed by atoms with van der Waals surface area (Å²) in [6.07, 6.45) is 9.88. The molecule has 6 heteroatoms. The lowest BCUT2D eigenvalue weighted by Gasteiger charge is -2.35. The Bertz CT molecular complexity index is 4310. The van der Waals surface area contributed by atoms with E-state index in [0.29, 0.717) is 0 Å². The number of para-hydroxylation sites is 2. The van der Waals surface area contributed by atoms with Gasteiger partial charge in [0, 0.05) is 91.4 Å². The molecule has 3 unspecified atom stereocenters. The Morgan fingerprint density at radius 3 is 2.10 bits per heavy atom. The maximum absolute atomic E-state index is 6.08. The van der Waals surface area contributed by atoms with Gasteiger partial charge in [0.25, 0.3) is 0 Å². The van der Waals surface area contributed by atoms with Gasteiger partial charge in [0.2, 0.25) is 0 Å². The van der Waals surface area contributed by atoms with E-state index in [2.05, 4.69) is 209 Å². The maximum Gasteiger partial charge on any atom is 0.148 e. The van der Waals surface area contributed by atoms with Gasteiger partial charge in [0.05, 0.1) is 22.8 Å². The molecule has 314 valence electrons. The zero-order chi connectivity index (χ0) is 43.5. The maximum atomic E-state index is 6.08. The highest BCUT2D eigenvalue weighted by Crippen LogP contribution is 2.57. The van der Waals surface area contributed by atoms with Crippen LogP contribution in [0.25, 0.3) is 95.0 Å². The summed E-state index contributed by atoms with van der Waals surface area (Å²) in [6.45, 7) is 0. The number of aromatic nitrogens is 1. The number of anilines is 1. The number of aliphatic imine (C=N–C) groups is 1. The molecule has 2 aliphatic heterocycles. The molecule has 9 aromatic carbocycles. The molecule has 4 nitrogen and oxygen atoms in total. The first-order chi connectivity index (χ1) is 33.3. The highest BCUT2D eigenvalue weighted by Gasteiger charge is 2.46. The third-order valence-electron chi connectivity index (χ3n) is 15.1. The van der Waals surface area contributed by atoms with Crippen molar-refractivity contribution in [2.45, 2.75) is 24.5 Å². The van der Waals surface area contributed by atoms with Crippen molar-refractivity contribution in [3.05, 3.63) is 222 Å². The molecule has 1 N–H and O–H groups in total. The predicted molar refractivity (Wildman–Crippen MR) is 286 cm³/mol.